The highest BCUT2D eigenvalue weighted by molar-refractivity contribution is 5.02. The van der Waals surface area contributed by atoms with Gasteiger partial charge in [-0.25, -0.2) is 0 Å². The van der Waals surface area contributed by atoms with E-state index in [2.05, 4.69) is 11.4 Å². The van der Waals surface area contributed by atoms with Crippen molar-refractivity contribution in [3.05, 3.63) is 0 Å². The van der Waals surface area contributed by atoms with E-state index in [9.17, 15) is 0 Å². The second-order valence-corrected chi connectivity index (χ2v) is 3.87. The van der Waals surface area contributed by atoms with Gasteiger partial charge in [0, 0.05) is 13.0 Å². The number of nitrogens with one attached hydrogen (secondary N) is 1. The molecule has 0 aromatic rings. The van der Waals surface area contributed by atoms with Crippen LogP contribution < -0.4 is 5.32 Å². The molecule has 1 rings (SSSR count). The lowest BCUT2D eigenvalue weighted by Crippen LogP contribution is -2.39. The van der Waals surface area contributed by atoms with Crippen LogP contribution in [0.15, 0.2) is 0 Å². The first kappa shape index (κ1) is 10.5. The minimum absolute atomic E-state index is 0.427. The third-order valence-electron chi connectivity index (χ3n) is 2.81. The minimum atomic E-state index is -0.427. The maximum Gasteiger partial charge on any atom is 0.105 e. The summed E-state index contributed by atoms with van der Waals surface area (Å²) < 4.78 is 5.59. The van der Waals surface area contributed by atoms with Crippen molar-refractivity contribution < 1.29 is 4.74 Å². The summed E-state index contributed by atoms with van der Waals surface area (Å²) in [5.74, 6) is 0. The van der Waals surface area contributed by atoms with E-state index < -0.39 is 5.54 Å². The van der Waals surface area contributed by atoms with Crippen molar-refractivity contribution in [2.75, 3.05) is 13.7 Å². The number of nitriles is 1. The van der Waals surface area contributed by atoms with Gasteiger partial charge in [0.05, 0.1) is 12.2 Å². The molecule has 0 aromatic carbocycles. The molecule has 13 heavy (non-hydrogen) atoms. The summed E-state index contributed by atoms with van der Waals surface area (Å²) in [6, 6.07) is 2.25. The zero-order valence-corrected chi connectivity index (χ0v) is 8.47. The Morgan fingerprint density at radius 2 is 2.31 bits per heavy atom. The van der Waals surface area contributed by atoms with Crippen LogP contribution >= 0.6 is 0 Å². The maximum atomic E-state index is 8.85. The van der Waals surface area contributed by atoms with Gasteiger partial charge in [-0.15, -0.1) is 0 Å². The van der Waals surface area contributed by atoms with Crippen molar-refractivity contribution in [3.8, 4) is 6.07 Å². The molecule has 0 radical (unpaired) electrons. The molecule has 3 nitrogen and oxygen atoms in total. The molecule has 1 fully saturated rings. The molecule has 0 bridgehead atoms. The third kappa shape index (κ3) is 2.98. The van der Waals surface area contributed by atoms with Crippen LogP contribution in [0.4, 0.5) is 0 Å². The smallest absolute Gasteiger partial charge is 0.105 e. The molecule has 0 spiro atoms. The lowest BCUT2D eigenvalue weighted by atomic mass is 9.96. The van der Waals surface area contributed by atoms with E-state index >= 15 is 0 Å². The summed E-state index contributed by atoms with van der Waals surface area (Å²) in [6.07, 6.45) is 4.92. The molecule has 1 N–H and O–H groups in total. The van der Waals surface area contributed by atoms with Gasteiger partial charge in [-0.1, -0.05) is 0 Å². The number of hydrogen-bond acceptors (Lipinski definition) is 3. The van der Waals surface area contributed by atoms with Gasteiger partial charge < -0.3 is 10.1 Å². The van der Waals surface area contributed by atoms with Gasteiger partial charge >= 0.3 is 0 Å². The fourth-order valence-electron chi connectivity index (χ4n) is 1.20. The normalized spacial score (nSPS) is 21.6. The quantitative estimate of drug-likeness (QED) is 0.700. The molecule has 0 aliphatic heterocycles. The number of nitrogens with zero attached hydrogens (tertiary/aromatic N) is 1. The molecule has 1 aliphatic rings. The van der Waals surface area contributed by atoms with E-state index in [-0.39, 0.29) is 0 Å². The van der Waals surface area contributed by atoms with Crippen LogP contribution in [-0.4, -0.2) is 25.3 Å². The maximum absolute atomic E-state index is 8.85. The minimum Gasteiger partial charge on any atom is -0.378 e. The highest BCUT2D eigenvalue weighted by atomic mass is 16.5. The monoisotopic (exact) mass is 182 g/mol. The van der Waals surface area contributed by atoms with Crippen LogP contribution in [0.3, 0.4) is 0 Å². The van der Waals surface area contributed by atoms with E-state index in [0.717, 1.165) is 6.42 Å². The fraction of sp³-hybridized carbons (Fsp3) is 0.900. The van der Waals surface area contributed by atoms with Crippen molar-refractivity contribution in [2.24, 2.45) is 0 Å². The van der Waals surface area contributed by atoms with E-state index in [4.69, 9.17) is 10.00 Å². The van der Waals surface area contributed by atoms with E-state index in [1.165, 1.54) is 19.3 Å². The van der Waals surface area contributed by atoms with E-state index in [0.29, 0.717) is 12.7 Å². The Morgan fingerprint density at radius 3 is 2.69 bits per heavy atom. The molecule has 1 atom stereocenters. The molecular formula is C10H18N2O. The molecule has 0 heterocycles. The van der Waals surface area contributed by atoms with E-state index in [1.807, 2.05) is 14.0 Å². The molecule has 0 aromatic heterocycles. The van der Waals surface area contributed by atoms with Gasteiger partial charge in [0.1, 0.15) is 5.54 Å². The Labute approximate surface area is 80.1 Å². The molecule has 74 valence electrons. The Kier molecular flexibility index (Phi) is 3.71. The molecule has 1 aliphatic carbocycles. The largest absolute Gasteiger partial charge is 0.378 e. The van der Waals surface area contributed by atoms with Crippen LogP contribution in [0.5, 0.6) is 0 Å². The molecule has 1 saturated carbocycles. The topological polar surface area (TPSA) is 45.0 Å². The van der Waals surface area contributed by atoms with E-state index in [1.54, 1.807) is 0 Å². The van der Waals surface area contributed by atoms with Crippen molar-refractivity contribution in [1.82, 2.24) is 5.32 Å². The average molecular weight is 182 g/mol. The predicted molar refractivity (Wildman–Crippen MR) is 51.3 cm³/mol. The Bertz CT molecular complexity index is 196. The first-order valence-electron chi connectivity index (χ1n) is 4.92. The lowest BCUT2D eigenvalue weighted by molar-refractivity contribution is -0.00360. The molecule has 0 amide bonds. The summed E-state index contributed by atoms with van der Waals surface area (Å²) in [5, 5.41) is 11.9. The Hall–Kier alpha value is -0.590. The van der Waals surface area contributed by atoms with Crippen LogP contribution in [0, 0.1) is 11.3 Å². The molecule has 3 heteroatoms. The second kappa shape index (κ2) is 4.59. The zero-order chi connectivity index (χ0) is 9.73. The summed E-state index contributed by atoms with van der Waals surface area (Å²) in [5.41, 5.74) is -0.427. The first-order chi connectivity index (χ1) is 6.20. The van der Waals surface area contributed by atoms with Crippen LogP contribution in [0.25, 0.3) is 0 Å². The molecule has 1 unspecified atom stereocenters. The van der Waals surface area contributed by atoms with Gasteiger partial charge in [0.2, 0.25) is 0 Å². The highest BCUT2D eigenvalue weighted by Gasteiger charge is 2.23. The Morgan fingerprint density at radius 1 is 1.62 bits per heavy atom. The van der Waals surface area contributed by atoms with Crippen molar-refractivity contribution in [1.29, 1.82) is 5.26 Å². The number of hydrogen-bond donors (Lipinski definition) is 1. The van der Waals surface area contributed by atoms with Gasteiger partial charge in [-0.05, 0) is 33.2 Å². The molecular weight excluding hydrogens is 164 g/mol. The fourth-order valence-corrected chi connectivity index (χ4v) is 1.20. The van der Waals surface area contributed by atoms with Gasteiger partial charge in [-0.2, -0.15) is 5.26 Å². The van der Waals surface area contributed by atoms with Gasteiger partial charge in [0.25, 0.3) is 0 Å². The van der Waals surface area contributed by atoms with Crippen LogP contribution in [0.2, 0.25) is 0 Å². The highest BCUT2D eigenvalue weighted by Crippen LogP contribution is 2.22. The predicted octanol–water partition coefficient (Wildman–Crippen LogP) is 1.45. The number of rotatable bonds is 5. The van der Waals surface area contributed by atoms with Crippen molar-refractivity contribution >= 4 is 0 Å². The summed E-state index contributed by atoms with van der Waals surface area (Å²) in [6.45, 7) is 2.59. The van der Waals surface area contributed by atoms with Crippen molar-refractivity contribution in [2.45, 2.75) is 44.2 Å². The van der Waals surface area contributed by atoms with Crippen LogP contribution in [0.1, 0.15) is 32.6 Å². The standard InChI is InChI=1S/C10H18N2O/c1-10(8-11,12-2)6-7-13-9-4-3-5-9/h9,12H,3-7H2,1-2H3. The average Bonchev–Trinajstić information content (AvgIpc) is 2.09. The van der Waals surface area contributed by atoms with Crippen LogP contribution in [-0.2, 0) is 4.74 Å². The summed E-state index contributed by atoms with van der Waals surface area (Å²) in [7, 11) is 1.81. The van der Waals surface area contributed by atoms with Crippen molar-refractivity contribution in [3.63, 3.8) is 0 Å². The lowest BCUT2D eigenvalue weighted by Gasteiger charge is -2.27. The first-order valence-corrected chi connectivity index (χ1v) is 4.92. The van der Waals surface area contributed by atoms with Gasteiger partial charge in [-0.3, -0.25) is 0 Å². The Balaban J connectivity index is 2.13. The summed E-state index contributed by atoms with van der Waals surface area (Å²) >= 11 is 0. The second-order valence-electron chi connectivity index (χ2n) is 3.87. The number of ether oxygens (including phenoxy) is 1. The SMILES string of the molecule is CNC(C)(C#N)CCOC1CCC1. The molecule has 0 saturated heterocycles. The zero-order valence-electron chi connectivity index (χ0n) is 8.47. The van der Waals surface area contributed by atoms with Gasteiger partial charge in [0.15, 0.2) is 0 Å². The summed E-state index contributed by atoms with van der Waals surface area (Å²) in [4.78, 5) is 0. The third-order valence-corrected chi connectivity index (χ3v) is 2.81.